The molecule has 2 rings (SSSR count). The number of anilines is 1. The Kier molecular flexibility index (Phi) is 3.84. The summed E-state index contributed by atoms with van der Waals surface area (Å²) in [5.41, 5.74) is 6.34. The lowest BCUT2D eigenvalue weighted by atomic mass is 10.2. The maximum Gasteiger partial charge on any atom is 0.226 e. The third kappa shape index (κ3) is 3.11. The van der Waals surface area contributed by atoms with Crippen molar-refractivity contribution in [1.29, 1.82) is 0 Å². The fourth-order valence-corrected chi connectivity index (χ4v) is 1.94. The summed E-state index contributed by atoms with van der Waals surface area (Å²) in [4.78, 5) is 26.5. The number of nitrogens with zero attached hydrogens (tertiary/aromatic N) is 3. The van der Waals surface area contributed by atoms with Crippen LogP contribution in [0.1, 0.15) is 26.1 Å². The number of aromatic amines is 1. The summed E-state index contributed by atoms with van der Waals surface area (Å²) in [6, 6.07) is -0.153. The number of amides is 1. The fraction of sp³-hybridized carbons (Fsp3) is 0.455. The molecule has 0 saturated carbocycles. The molecule has 0 aliphatic carbocycles. The molecule has 0 spiro atoms. The van der Waals surface area contributed by atoms with Crippen LogP contribution in [0.3, 0.4) is 0 Å². The zero-order valence-corrected chi connectivity index (χ0v) is 11.5. The van der Waals surface area contributed by atoms with Gasteiger partial charge in [0.25, 0.3) is 0 Å². The van der Waals surface area contributed by atoms with Gasteiger partial charge in [-0.05, 0) is 18.5 Å². The van der Waals surface area contributed by atoms with Crippen LogP contribution in [0.25, 0.3) is 11.2 Å². The molecule has 0 aromatic carbocycles. The maximum atomic E-state index is 10.9. The second-order valence-corrected chi connectivity index (χ2v) is 4.63. The monoisotopic (exact) mass is 282 g/mol. The molecule has 0 bridgehead atoms. The minimum absolute atomic E-state index is 0.107. The molecule has 2 aromatic heterocycles. The van der Waals surface area contributed by atoms with Crippen LogP contribution in [0, 0.1) is 0 Å². The molecule has 8 heteroatoms. The number of hydrogen-bond acceptors (Lipinski definition) is 5. The molecule has 1 unspecified atom stereocenters. The Balaban J connectivity index is 2.35. The molecule has 1 atom stereocenters. The SMILES string of the molecule is CCc1nc2nc(Cl)nc(NC(C)CC(N)=O)c2[nH]1. The van der Waals surface area contributed by atoms with Crippen LogP contribution in [0.5, 0.6) is 0 Å². The standard InChI is InChI=1S/C11H15ClN6O/c1-3-7-15-8-9(14-5(2)4-6(13)19)17-11(12)18-10(8)16-7/h5H,3-4H2,1-2H3,(H2,13,19)(H2,14,15,16,17,18). The van der Waals surface area contributed by atoms with Crippen molar-refractivity contribution < 1.29 is 4.79 Å². The van der Waals surface area contributed by atoms with Gasteiger partial charge in [0.15, 0.2) is 11.5 Å². The summed E-state index contributed by atoms with van der Waals surface area (Å²) in [6.07, 6.45) is 0.960. The Morgan fingerprint density at radius 1 is 1.47 bits per heavy atom. The van der Waals surface area contributed by atoms with E-state index < -0.39 is 0 Å². The Hall–Kier alpha value is -1.89. The van der Waals surface area contributed by atoms with Crippen molar-refractivity contribution in [2.75, 3.05) is 5.32 Å². The molecule has 0 aliphatic heterocycles. The maximum absolute atomic E-state index is 10.9. The van der Waals surface area contributed by atoms with E-state index in [1.54, 1.807) is 0 Å². The van der Waals surface area contributed by atoms with Gasteiger partial charge >= 0.3 is 0 Å². The number of nitrogens with one attached hydrogen (secondary N) is 2. The van der Waals surface area contributed by atoms with Crippen molar-refractivity contribution in [2.24, 2.45) is 5.73 Å². The van der Waals surface area contributed by atoms with Crippen LogP contribution < -0.4 is 11.1 Å². The van der Waals surface area contributed by atoms with Gasteiger partial charge in [0.1, 0.15) is 11.3 Å². The van der Waals surface area contributed by atoms with E-state index in [1.807, 2.05) is 13.8 Å². The number of hydrogen-bond donors (Lipinski definition) is 3. The van der Waals surface area contributed by atoms with Gasteiger partial charge in [-0.1, -0.05) is 6.92 Å². The summed E-state index contributed by atoms with van der Waals surface area (Å²) in [7, 11) is 0. The first-order chi connectivity index (χ1) is 8.99. The number of fused-ring (bicyclic) bond motifs is 1. The Labute approximate surface area is 115 Å². The average molecular weight is 283 g/mol. The Morgan fingerprint density at radius 3 is 2.84 bits per heavy atom. The van der Waals surface area contributed by atoms with Crippen LogP contribution in [-0.2, 0) is 11.2 Å². The molecule has 102 valence electrons. The molecule has 0 radical (unpaired) electrons. The van der Waals surface area contributed by atoms with Crippen molar-refractivity contribution in [2.45, 2.75) is 32.7 Å². The Bertz CT molecular complexity index is 610. The zero-order chi connectivity index (χ0) is 14.0. The number of aromatic nitrogens is 4. The number of aryl methyl sites for hydroxylation is 1. The molecule has 0 aliphatic rings. The van der Waals surface area contributed by atoms with E-state index >= 15 is 0 Å². The van der Waals surface area contributed by atoms with E-state index in [9.17, 15) is 4.79 Å². The third-order valence-corrected chi connectivity index (χ3v) is 2.77. The highest BCUT2D eigenvalue weighted by Gasteiger charge is 2.14. The molecule has 2 aromatic rings. The number of halogens is 1. The number of primary amides is 1. The third-order valence-electron chi connectivity index (χ3n) is 2.60. The van der Waals surface area contributed by atoms with Crippen LogP contribution >= 0.6 is 11.6 Å². The molecule has 0 fully saturated rings. The summed E-state index contributed by atoms with van der Waals surface area (Å²) in [5, 5.41) is 3.19. The van der Waals surface area contributed by atoms with E-state index in [4.69, 9.17) is 17.3 Å². The zero-order valence-electron chi connectivity index (χ0n) is 10.7. The number of nitrogens with two attached hydrogens (primary N) is 1. The van der Waals surface area contributed by atoms with Crippen LogP contribution in [-0.4, -0.2) is 31.9 Å². The fourth-order valence-electron chi connectivity index (χ4n) is 1.78. The van der Waals surface area contributed by atoms with E-state index in [1.165, 1.54) is 0 Å². The molecule has 1 amide bonds. The predicted molar refractivity (Wildman–Crippen MR) is 73.0 cm³/mol. The molecule has 7 nitrogen and oxygen atoms in total. The lowest BCUT2D eigenvalue weighted by Crippen LogP contribution is -2.24. The van der Waals surface area contributed by atoms with Crippen molar-refractivity contribution >= 4 is 34.5 Å². The molecule has 2 heterocycles. The number of carbonyl (C=O) groups is 1. The number of H-pyrrole nitrogens is 1. The van der Waals surface area contributed by atoms with Crippen molar-refractivity contribution in [3.05, 3.63) is 11.1 Å². The lowest BCUT2D eigenvalue weighted by Gasteiger charge is -2.12. The summed E-state index contributed by atoms with van der Waals surface area (Å²) < 4.78 is 0. The number of carbonyl (C=O) groups excluding carboxylic acids is 1. The quantitative estimate of drug-likeness (QED) is 0.715. The summed E-state index contributed by atoms with van der Waals surface area (Å²) >= 11 is 5.86. The molecule has 19 heavy (non-hydrogen) atoms. The number of imidazole rings is 1. The first-order valence-corrected chi connectivity index (χ1v) is 6.34. The van der Waals surface area contributed by atoms with Gasteiger partial charge in [-0.3, -0.25) is 4.79 Å². The minimum atomic E-state index is -0.379. The van der Waals surface area contributed by atoms with Crippen LogP contribution in [0.2, 0.25) is 5.28 Å². The highest BCUT2D eigenvalue weighted by molar-refractivity contribution is 6.28. The Morgan fingerprint density at radius 2 is 2.21 bits per heavy atom. The van der Waals surface area contributed by atoms with Gasteiger partial charge in [-0.25, -0.2) is 4.98 Å². The lowest BCUT2D eigenvalue weighted by molar-refractivity contribution is -0.118. The molecular formula is C11H15ClN6O. The van der Waals surface area contributed by atoms with Gasteiger partial charge < -0.3 is 16.0 Å². The van der Waals surface area contributed by atoms with Gasteiger partial charge in [0, 0.05) is 18.9 Å². The summed E-state index contributed by atoms with van der Waals surface area (Å²) in [5.74, 6) is 0.948. The smallest absolute Gasteiger partial charge is 0.226 e. The molecule has 0 saturated heterocycles. The van der Waals surface area contributed by atoms with E-state index in [0.29, 0.717) is 17.0 Å². The van der Waals surface area contributed by atoms with Gasteiger partial charge in [-0.2, -0.15) is 9.97 Å². The van der Waals surface area contributed by atoms with Crippen LogP contribution in [0.4, 0.5) is 5.82 Å². The van der Waals surface area contributed by atoms with E-state index in [0.717, 1.165) is 12.2 Å². The van der Waals surface area contributed by atoms with Gasteiger partial charge in [-0.15, -0.1) is 0 Å². The predicted octanol–water partition coefficient (Wildman–Crippen LogP) is 1.24. The first-order valence-electron chi connectivity index (χ1n) is 5.96. The van der Waals surface area contributed by atoms with Gasteiger partial charge in [0.05, 0.1) is 0 Å². The number of rotatable bonds is 5. The van der Waals surface area contributed by atoms with Crippen molar-refractivity contribution in [3.63, 3.8) is 0 Å². The van der Waals surface area contributed by atoms with Crippen molar-refractivity contribution in [1.82, 2.24) is 19.9 Å². The molecule has 4 N–H and O–H groups in total. The van der Waals surface area contributed by atoms with Gasteiger partial charge in [0.2, 0.25) is 11.2 Å². The topological polar surface area (TPSA) is 110 Å². The van der Waals surface area contributed by atoms with E-state index in [2.05, 4.69) is 25.3 Å². The normalized spacial score (nSPS) is 12.6. The second-order valence-electron chi connectivity index (χ2n) is 4.29. The molecular weight excluding hydrogens is 268 g/mol. The second kappa shape index (κ2) is 5.40. The highest BCUT2D eigenvalue weighted by atomic mass is 35.5. The first kappa shape index (κ1) is 13.5. The minimum Gasteiger partial charge on any atom is -0.370 e. The van der Waals surface area contributed by atoms with Crippen LogP contribution in [0.15, 0.2) is 0 Å². The van der Waals surface area contributed by atoms with Crippen molar-refractivity contribution in [3.8, 4) is 0 Å². The highest BCUT2D eigenvalue weighted by Crippen LogP contribution is 2.21. The average Bonchev–Trinajstić information content (AvgIpc) is 2.70. The summed E-state index contributed by atoms with van der Waals surface area (Å²) in [6.45, 7) is 3.82. The van der Waals surface area contributed by atoms with E-state index in [-0.39, 0.29) is 23.7 Å². The largest absolute Gasteiger partial charge is 0.370 e.